The van der Waals surface area contributed by atoms with Crippen molar-refractivity contribution in [1.82, 2.24) is 4.90 Å². The first-order valence-corrected chi connectivity index (χ1v) is 6.67. The van der Waals surface area contributed by atoms with E-state index in [1.807, 2.05) is 6.07 Å². The standard InChI is InChI=1S/C15H21N3O/c1-18(13-14-8-4-2-5-9-14)11-7-3-6-10-15(19)12-17-16/h2,4-5,8-9,12H,3,6-7,10-11,13H2,1H3/p+1/b15-12+. The maximum absolute atomic E-state index is 9.25. The number of unbranched alkanes of at least 4 members (excludes halogenated alkanes) is 2. The maximum atomic E-state index is 9.25. The summed E-state index contributed by atoms with van der Waals surface area (Å²) in [6, 6.07) is 10.4. The molecule has 0 fully saturated rings. The van der Waals surface area contributed by atoms with Gasteiger partial charge in [0.2, 0.25) is 5.39 Å². The van der Waals surface area contributed by atoms with Crippen LogP contribution < -0.4 is 0 Å². The molecule has 102 valence electrons. The summed E-state index contributed by atoms with van der Waals surface area (Å²) in [6.07, 6.45) is 4.74. The molecule has 0 aliphatic carbocycles. The average molecular weight is 260 g/mol. The van der Waals surface area contributed by atoms with Crippen LogP contribution in [0.5, 0.6) is 0 Å². The third kappa shape index (κ3) is 7.22. The Hall–Kier alpha value is -1.86. The van der Waals surface area contributed by atoms with Crippen molar-refractivity contribution in [3.8, 4) is 0 Å². The van der Waals surface area contributed by atoms with Crippen molar-refractivity contribution in [3.05, 3.63) is 52.8 Å². The molecule has 0 bridgehead atoms. The number of benzene rings is 1. The molecule has 4 heteroatoms. The van der Waals surface area contributed by atoms with Crippen molar-refractivity contribution in [2.45, 2.75) is 32.2 Å². The summed E-state index contributed by atoms with van der Waals surface area (Å²) in [5, 5.41) is 17.5. The van der Waals surface area contributed by atoms with Crippen LogP contribution in [0.1, 0.15) is 31.2 Å². The molecule has 0 unspecified atom stereocenters. The topological polar surface area (TPSA) is 51.6 Å². The molecule has 1 aromatic carbocycles. The van der Waals surface area contributed by atoms with E-state index in [-0.39, 0.29) is 5.76 Å². The van der Waals surface area contributed by atoms with Gasteiger partial charge in [-0.05, 0) is 32.0 Å². The highest BCUT2D eigenvalue weighted by atomic mass is 16.3. The second-order valence-electron chi connectivity index (χ2n) is 4.77. The number of nitrogens with zero attached hydrogens (tertiary/aromatic N) is 3. The molecular weight excluding hydrogens is 238 g/mol. The number of rotatable bonds is 8. The number of aliphatic hydroxyl groups is 1. The lowest BCUT2D eigenvalue weighted by molar-refractivity contribution is 0.314. The van der Waals surface area contributed by atoms with Gasteiger partial charge >= 0.3 is 6.20 Å². The molecule has 0 radical (unpaired) electrons. The van der Waals surface area contributed by atoms with E-state index in [2.05, 4.69) is 41.2 Å². The lowest BCUT2D eigenvalue weighted by Crippen LogP contribution is -2.18. The molecular formula is C15H22N3O+. The molecule has 0 saturated carbocycles. The number of hydrogen-bond acceptors (Lipinski definition) is 3. The summed E-state index contributed by atoms with van der Waals surface area (Å²) in [6.45, 7) is 2.01. The Balaban J connectivity index is 2.10. The largest absolute Gasteiger partial charge is 0.505 e. The van der Waals surface area contributed by atoms with Gasteiger partial charge in [-0.2, -0.15) is 0 Å². The van der Waals surface area contributed by atoms with Gasteiger partial charge in [0, 0.05) is 13.0 Å². The van der Waals surface area contributed by atoms with Crippen molar-refractivity contribution in [3.63, 3.8) is 0 Å². The molecule has 1 aromatic rings. The molecule has 1 N–H and O–H groups in total. The van der Waals surface area contributed by atoms with Gasteiger partial charge in [0.05, 0.1) is 0 Å². The Morgan fingerprint density at radius 1 is 1.26 bits per heavy atom. The minimum atomic E-state index is 0.139. The Kier molecular flexibility index (Phi) is 7.30. The fraction of sp³-hybridized carbons (Fsp3) is 0.467. The van der Waals surface area contributed by atoms with Crippen molar-refractivity contribution in [2.24, 2.45) is 0 Å². The monoisotopic (exact) mass is 260 g/mol. The first-order chi connectivity index (χ1) is 9.22. The van der Waals surface area contributed by atoms with Gasteiger partial charge in [-0.25, -0.2) is 0 Å². The van der Waals surface area contributed by atoms with Crippen LogP contribution in [0.25, 0.3) is 4.98 Å². The van der Waals surface area contributed by atoms with Gasteiger partial charge in [0.1, 0.15) is 0 Å². The maximum Gasteiger partial charge on any atom is 0.387 e. The quantitative estimate of drug-likeness (QED) is 0.437. The number of diazo groups is 1. The highest BCUT2D eigenvalue weighted by molar-refractivity contribution is 5.14. The molecule has 19 heavy (non-hydrogen) atoms. The first kappa shape index (κ1) is 15.2. The van der Waals surface area contributed by atoms with Crippen LogP contribution in [0.3, 0.4) is 0 Å². The van der Waals surface area contributed by atoms with E-state index in [1.54, 1.807) is 0 Å². The van der Waals surface area contributed by atoms with Crippen molar-refractivity contribution in [1.29, 1.82) is 5.39 Å². The van der Waals surface area contributed by atoms with Gasteiger partial charge < -0.3 is 10.0 Å². The van der Waals surface area contributed by atoms with Gasteiger partial charge in [-0.3, -0.25) is 0 Å². The zero-order chi connectivity index (χ0) is 13.9. The zero-order valence-electron chi connectivity index (χ0n) is 11.5. The predicted octanol–water partition coefficient (Wildman–Crippen LogP) is 3.93. The van der Waals surface area contributed by atoms with Crippen LogP contribution in [-0.4, -0.2) is 23.6 Å². The minimum Gasteiger partial charge on any atom is -0.505 e. The van der Waals surface area contributed by atoms with E-state index in [0.717, 1.165) is 38.6 Å². The van der Waals surface area contributed by atoms with Gasteiger partial charge in [-0.15, -0.1) is 0 Å². The molecule has 0 atom stereocenters. The molecule has 4 nitrogen and oxygen atoms in total. The van der Waals surface area contributed by atoms with E-state index in [9.17, 15) is 5.11 Å². The van der Waals surface area contributed by atoms with Crippen molar-refractivity contribution < 1.29 is 5.11 Å². The lowest BCUT2D eigenvalue weighted by atomic mass is 10.1. The summed E-state index contributed by atoms with van der Waals surface area (Å²) in [7, 11) is 2.12. The minimum absolute atomic E-state index is 0.139. The summed E-state index contributed by atoms with van der Waals surface area (Å²) in [5.74, 6) is 0.139. The highest BCUT2D eigenvalue weighted by Crippen LogP contribution is 2.08. The van der Waals surface area contributed by atoms with Crippen LogP contribution in [0, 0.1) is 5.39 Å². The van der Waals surface area contributed by atoms with Crippen LogP contribution in [-0.2, 0) is 6.54 Å². The number of allylic oxidation sites excluding steroid dienone is 1. The Morgan fingerprint density at radius 3 is 2.68 bits per heavy atom. The number of aliphatic hydroxyl groups excluding tert-OH is 1. The van der Waals surface area contributed by atoms with Crippen molar-refractivity contribution >= 4 is 0 Å². The normalized spacial score (nSPS) is 11.5. The molecule has 0 aliphatic rings. The van der Waals surface area contributed by atoms with Crippen LogP contribution in [0.4, 0.5) is 0 Å². The lowest BCUT2D eigenvalue weighted by Gasteiger charge is -2.16. The van der Waals surface area contributed by atoms with E-state index in [4.69, 9.17) is 5.39 Å². The van der Waals surface area contributed by atoms with E-state index >= 15 is 0 Å². The first-order valence-electron chi connectivity index (χ1n) is 6.67. The van der Waals surface area contributed by atoms with Crippen LogP contribution >= 0.6 is 0 Å². The third-order valence-corrected chi connectivity index (χ3v) is 2.97. The molecule has 0 spiro atoms. The molecule has 0 aromatic heterocycles. The molecule has 1 rings (SSSR count). The summed E-state index contributed by atoms with van der Waals surface area (Å²) >= 11 is 0. The van der Waals surface area contributed by atoms with Crippen LogP contribution in [0.2, 0.25) is 0 Å². The summed E-state index contributed by atoms with van der Waals surface area (Å²) in [5.41, 5.74) is 1.33. The molecule has 0 amide bonds. The van der Waals surface area contributed by atoms with Gasteiger partial charge in [0.15, 0.2) is 10.7 Å². The van der Waals surface area contributed by atoms with Gasteiger partial charge in [0.25, 0.3) is 0 Å². The molecule has 0 saturated heterocycles. The molecule has 0 heterocycles. The smallest absolute Gasteiger partial charge is 0.387 e. The Bertz CT molecular complexity index is 423. The fourth-order valence-electron chi connectivity index (χ4n) is 1.97. The second-order valence-corrected chi connectivity index (χ2v) is 4.77. The van der Waals surface area contributed by atoms with E-state index < -0.39 is 0 Å². The fourth-order valence-corrected chi connectivity index (χ4v) is 1.97. The average Bonchev–Trinajstić information content (AvgIpc) is 2.40. The van der Waals surface area contributed by atoms with Crippen LogP contribution in [0.15, 0.2) is 42.3 Å². The Labute approximate surface area is 115 Å². The third-order valence-electron chi connectivity index (χ3n) is 2.97. The van der Waals surface area contributed by atoms with Crippen molar-refractivity contribution in [2.75, 3.05) is 13.6 Å². The summed E-state index contributed by atoms with van der Waals surface area (Å²) < 4.78 is 0. The molecule has 0 aliphatic heterocycles. The highest BCUT2D eigenvalue weighted by Gasteiger charge is 2.02. The van der Waals surface area contributed by atoms with E-state index in [1.165, 1.54) is 5.56 Å². The SMILES string of the molecule is CN(CCCCC/C(O)=C\[N+]#N)Cc1ccccc1. The van der Waals surface area contributed by atoms with E-state index in [0.29, 0.717) is 6.42 Å². The second kappa shape index (κ2) is 9.12. The predicted molar refractivity (Wildman–Crippen MR) is 77.0 cm³/mol. The zero-order valence-corrected chi connectivity index (χ0v) is 11.5. The van der Waals surface area contributed by atoms with Gasteiger partial charge in [-0.1, -0.05) is 36.8 Å². The Morgan fingerprint density at radius 2 is 2.00 bits per heavy atom. The summed E-state index contributed by atoms with van der Waals surface area (Å²) in [4.78, 5) is 5.09. The number of hydrogen-bond donors (Lipinski definition) is 1.